The van der Waals surface area contributed by atoms with Crippen molar-refractivity contribution < 1.29 is 30.3 Å². The zero-order valence-electron chi connectivity index (χ0n) is 27.0. The largest absolute Gasteiger partial charge is 0.393 e. The number of aliphatic hydroxyl groups excluding tert-OH is 1. The van der Waals surface area contributed by atoms with Gasteiger partial charge in [0.05, 0.1) is 51.9 Å². The number of aliphatic hydroxyl groups is 1. The van der Waals surface area contributed by atoms with Gasteiger partial charge in [0.1, 0.15) is 0 Å². The first-order valence-corrected chi connectivity index (χ1v) is 17.7. The van der Waals surface area contributed by atoms with Crippen LogP contribution in [0.25, 0.3) is 0 Å². The number of benzene rings is 4. The lowest BCUT2D eigenvalue weighted by molar-refractivity contribution is 0.115. The van der Waals surface area contributed by atoms with Crippen molar-refractivity contribution in [3.63, 3.8) is 0 Å². The summed E-state index contributed by atoms with van der Waals surface area (Å²) in [4.78, 5) is 3.78. The van der Waals surface area contributed by atoms with E-state index in [9.17, 15) is 21.9 Å². The van der Waals surface area contributed by atoms with E-state index in [4.69, 9.17) is 8.37 Å². The van der Waals surface area contributed by atoms with Gasteiger partial charge in [0.25, 0.3) is 20.2 Å². The zero-order valence-corrected chi connectivity index (χ0v) is 28.7. The van der Waals surface area contributed by atoms with Crippen molar-refractivity contribution in [2.45, 2.75) is 28.7 Å². The highest BCUT2D eigenvalue weighted by molar-refractivity contribution is 7.87. The third kappa shape index (κ3) is 10.7. The summed E-state index contributed by atoms with van der Waals surface area (Å²) in [6.07, 6.45) is -1.17. The molecule has 0 bridgehead atoms. The Morgan fingerprint density at radius 2 is 0.792 bits per heavy atom. The first-order chi connectivity index (χ1) is 22.8. The molecular weight excluding hydrogens is 657 g/mol. The molecule has 0 radical (unpaired) electrons. The number of nitrogens with zero attached hydrogens (tertiary/aromatic N) is 6. The molecule has 0 aliphatic heterocycles. The maximum absolute atomic E-state index is 12.6. The predicted molar refractivity (Wildman–Crippen MR) is 184 cm³/mol. The van der Waals surface area contributed by atoms with E-state index in [1.54, 1.807) is 0 Å². The molecule has 0 aliphatic carbocycles. The predicted octanol–water partition coefficient (Wildman–Crippen LogP) is 6.90. The van der Waals surface area contributed by atoms with Crippen molar-refractivity contribution in [1.29, 1.82) is 0 Å². The van der Waals surface area contributed by atoms with Crippen molar-refractivity contribution >= 4 is 54.4 Å². The Bertz CT molecular complexity index is 1760. The molecule has 0 aliphatic rings. The van der Waals surface area contributed by atoms with Crippen LogP contribution in [-0.4, -0.2) is 69.5 Å². The Labute approximate surface area is 281 Å². The van der Waals surface area contributed by atoms with E-state index in [1.165, 1.54) is 48.5 Å². The number of hydrogen-bond donors (Lipinski definition) is 1. The van der Waals surface area contributed by atoms with E-state index in [1.807, 2.05) is 86.5 Å². The van der Waals surface area contributed by atoms with Crippen molar-refractivity contribution in [3.05, 3.63) is 97.1 Å². The van der Waals surface area contributed by atoms with Gasteiger partial charge in [-0.05, 0) is 110 Å². The van der Waals surface area contributed by atoms with Crippen LogP contribution in [0.15, 0.2) is 127 Å². The van der Waals surface area contributed by atoms with Gasteiger partial charge in [0.2, 0.25) is 0 Å². The van der Waals surface area contributed by atoms with Gasteiger partial charge in [0.15, 0.2) is 0 Å². The van der Waals surface area contributed by atoms with Gasteiger partial charge in [-0.3, -0.25) is 8.37 Å². The van der Waals surface area contributed by atoms with Gasteiger partial charge >= 0.3 is 0 Å². The number of hydrogen-bond acceptors (Lipinski definition) is 13. The highest BCUT2D eigenvalue weighted by Crippen LogP contribution is 2.25. The van der Waals surface area contributed by atoms with E-state index < -0.39 is 26.3 Å². The van der Waals surface area contributed by atoms with Gasteiger partial charge in [-0.1, -0.05) is 0 Å². The Balaban J connectivity index is 1.19. The highest BCUT2D eigenvalue weighted by Gasteiger charge is 2.18. The summed E-state index contributed by atoms with van der Waals surface area (Å²) >= 11 is 0. The lowest BCUT2D eigenvalue weighted by Crippen LogP contribution is -2.17. The molecule has 4 aromatic carbocycles. The van der Waals surface area contributed by atoms with Crippen LogP contribution in [0.5, 0.6) is 0 Å². The Morgan fingerprint density at radius 3 is 1.06 bits per heavy atom. The molecule has 0 fully saturated rings. The second kappa shape index (κ2) is 16.5. The minimum Gasteiger partial charge on any atom is -0.393 e. The maximum Gasteiger partial charge on any atom is 0.296 e. The third-order valence-corrected chi connectivity index (χ3v) is 9.58. The molecule has 4 rings (SSSR count). The van der Waals surface area contributed by atoms with Gasteiger partial charge in [-0.15, -0.1) is 0 Å². The third-order valence-electron chi connectivity index (χ3n) is 6.92. The average Bonchev–Trinajstić information content (AvgIpc) is 3.07. The van der Waals surface area contributed by atoms with Gasteiger partial charge in [0, 0.05) is 39.6 Å². The van der Waals surface area contributed by atoms with Crippen LogP contribution in [-0.2, 0) is 28.6 Å². The average molecular weight is 695 g/mol. The summed E-state index contributed by atoms with van der Waals surface area (Å²) in [5.74, 6) is 0. The molecule has 0 atom stereocenters. The summed E-state index contributed by atoms with van der Waals surface area (Å²) < 4.78 is 60.4. The van der Waals surface area contributed by atoms with Gasteiger partial charge in [-0.25, -0.2) is 0 Å². The monoisotopic (exact) mass is 694 g/mol. The fourth-order valence-corrected chi connectivity index (χ4v) is 5.94. The molecule has 0 heterocycles. The standard InChI is InChI=1S/C33H38N6O7S2/c1-38(2)29-13-5-25(6-14-29)34-36-27-9-17-32(18-10-27)47(41,42)45-23-21-31(40)22-24-46-48(43,44)33-19-11-28(12-20-33)37-35-26-7-15-30(16-8-26)39(3)4/h5-20,31,40H,21-24H2,1-4H3/b36-34+,37-35+. The first kappa shape index (κ1) is 36.3. The van der Waals surface area contributed by atoms with E-state index in [2.05, 4.69) is 20.5 Å². The van der Waals surface area contributed by atoms with Crippen LogP contribution in [0.1, 0.15) is 12.8 Å². The highest BCUT2D eigenvalue weighted by atomic mass is 32.2. The van der Waals surface area contributed by atoms with E-state index in [-0.39, 0.29) is 35.8 Å². The van der Waals surface area contributed by atoms with Crippen molar-refractivity contribution in [2.24, 2.45) is 20.5 Å². The Morgan fingerprint density at radius 1 is 0.521 bits per heavy atom. The lowest BCUT2D eigenvalue weighted by atomic mass is 10.2. The van der Waals surface area contributed by atoms with Crippen molar-refractivity contribution in [2.75, 3.05) is 51.2 Å². The first-order valence-electron chi connectivity index (χ1n) is 14.9. The molecular formula is C33H38N6O7S2. The summed E-state index contributed by atoms with van der Waals surface area (Å²) in [6, 6.07) is 26.4. The fourth-order valence-electron chi connectivity index (χ4n) is 4.09. The smallest absolute Gasteiger partial charge is 0.296 e. The molecule has 48 heavy (non-hydrogen) atoms. The topological polar surface area (TPSA) is 163 Å². The van der Waals surface area contributed by atoms with Crippen LogP contribution in [0.2, 0.25) is 0 Å². The summed E-state index contributed by atoms with van der Waals surface area (Å²) in [5.41, 5.74) is 4.27. The lowest BCUT2D eigenvalue weighted by Gasteiger charge is -2.12. The van der Waals surface area contributed by atoms with E-state index in [0.717, 1.165) is 11.4 Å². The van der Waals surface area contributed by atoms with Gasteiger partial charge in [-0.2, -0.15) is 37.3 Å². The summed E-state index contributed by atoms with van der Waals surface area (Å²) in [7, 11) is -0.430. The van der Waals surface area contributed by atoms with Crippen molar-refractivity contribution in [3.8, 4) is 0 Å². The molecule has 4 aromatic rings. The van der Waals surface area contributed by atoms with Crippen LogP contribution in [0.3, 0.4) is 0 Å². The molecule has 0 saturated carbocycles. The molecule has 0 spiro atoms. The molecule has 13 nitrogen and oxygen atoms in total. The molecule has 254 valence electrons. The SMILES string of the molecule is CN(C)c1ccc(/N=N/c2ccc(S(=O)(=O)OCCC(O)CCOS(=O)(=O)c3ccc(/N=N/c4ccc(N(C)C)cc4)cc3)cc2)cc1. The number of anilines is 2. The Hall–Kier alpha value is -4.54. The number of rotatable bonds is 16. The number of azo groups is 2. The quantitative estimate of drug-likeness (QED) is 0.0971. The van der Waals surface area contributed by atoms with E-state index in [0.29, 0.717) is 22.7 Å². The molecule has 0 amide bonds. The molecule has 0 unspecified atom stereocenters. The minimum absolute atomic E-state index is 0.0564. The zero-order chi connectivity index (χ0) is 34.7. The molecule has 0 aromatic heterocycles. The van der Waals surface area contributed by atoms with E-state index >= 15 is 0 Å². The minimum atomic E-state index is -4.09. The Kier molecular flexibility index (Phi) is 12.5. The molecule has 1 N–H and O–H groups in total. The van der Waals surface area contributed by atoms with Crippen molar-refractivity contribution in [1.82, 2.24) is 0 Å². The van der Waals surface area contributed by atoms with Crippen LogP contribution < -0.4 is 9.80 Å². The van der Waals surface area contributed by atoms with Crippen LogP contribution in [0, 0.1) is 0 Å². The van der Waals surface area contributed by atoms with Crippen LogP contribution >= 0.6 is 0 Å². The second-order valence-corrected chi connectivity index (χ2v) is 14.2. The maximum atomic E-state index is 12.6. The van der Waals surface area contributed by atoms with Crippen LogP contribution in [0.4, 0.5) is 34.1 Å². The molecule has 15 heteroatoms. The van der Waals surface area contributed by atoms with Gasteiger partial charge < -0.3 is 14.9 Å². The summed E-state index contributed by atoms with van der Waals surface area (Å²) in [5, 5.41) is 26.8. The second-order valence-electron chi connectivity index (χ2n) is 11.0. The summed E-state index contributed by atoms with van der Waals surface area (Å²) in [6.45, 7) is -0.618. The fraction of sp³-hybridized carbons (Fsp3) is 0.273. The normalized spacial score (nSPS) is 12.3. The molecule has 0 saturated heterocycles.